The number of carbonyl (C=O) groups is 2. The molecule has 0 saturated heterocycles. The fourth-order valence-electron chi connectivity index (χ4n) is 2.51. The molecule has 7 heteroatoms. The highest BCUT2D eigenvalue weighted by atomic mass is 16.5. The summed E-state index contributed by atoms with van der Waals surface area (Å²) in [6, 6.07) is 17.0. The van der Waals surface area contributed by atoms with Gasteiger partial charge in [-0.25, -0.2) is 5.43 Å². The van der Waals surface area contributed by atoms with E-state index < -0.39 is 5.91 Å². The van der Waals surface area contributed by atoms with Gasteiger partial charge in [0.25, 0.3) is 5.91 Å². The molecule has 142 valence electrons. The monoisotopic (exact) mass is 376 g/mol. The number of amides is 2. The van der Waals surface area contributed by atoms with E-state index in [1.165, 1.54) is 0 Å². The lowest BCUT2D eigenvalue weighted by atomic mass is 10.1. The highest BCUT2D eigenvalue weighted by molar-refractivity contribution is 6.05. The zero-order valence-corrected chi connectivity index (χ0v) is 15.4. The zero-order valence-electron chi connectivity index (χ0n) is 15.4. The normalized spacial score (nSPS) is 11.1. The van der Waals surface area contributed by atoms with Crippen LogP contribution in [0.15, 0.2) is 72.1 Å². The van der Waals surface area contributed by atoms with E-state index >= 15 is 0 Å². The Hall–Kier alpha value is -3.74. The lowest BCUT2D eigenvalue weighted by molar-refractivity contribution is -0.123. The van der Waals surface area contributed by atoms with E-state index in [1.807, 2.05) is 42.5 Å². The molecule has 1 aromatic heterocycles. The summed E-state index contributed by atoms with van der Waals surface area (Å²) in [5.74, 6) is -0.0403. The minimum atomic E-state index is -0.403. The Bertz CT molecular complexity index is 1000. The van der Waals surface area contributed by atoms with E-state index in [2.05, 4.69) is 20.8 Å². The first-order chi connectivity index (χ1) is 13.6. The van der Waals surface area contributed by atoms with Crippen molar-refractivity contribution in [2.24, 2.45) is 5.10 Å². The standard InChI is InChI=1S/C21H20N4O3/c1-15(11-20(26)23-18-7-4-10-22-13-18)24-25-21(27)14-28-19-9-8-16-5-2-3-6-17(16)12-19/h2-10,12-13H,11,14H2,1H3,(H,23,26)(H,25,27). The van der Waals surface area contributed by atoms with Gasteiger partial charge in [0.1, 0.15) is 5.75 Å². The number of carbonyl (C=O) groups excluding carboxylic acids is 2. The number of nitrogens with zero attached hydrogens (tertiary/aromatic N) is 2. The maximum Gasteiger partial charge on any atom is 0.277 e. The molecule has 0 fully saturated rings. The third-order valence-corrected chi connectivity index (χ3v) is 3.82. The summed E-state index contributed by atoms with van der Waals surface area (Å²) in [7, 11) is 0. The predicted molar refractivity (Wildman–Crippen MR) is 108 cm³/mol. The van der Waals surface area contributed by atoms with Gasteiger partial charge in [-0.1, -0.05) is 30.3 Å². The van der Waals surface area contributed by atoms with Gasteiger partial charge in [-0.05, 0) is 42.0 Å². The lowest BCUT2D eigenvalue weighted by Gasteiger charge is -2.07. The quantitative estimate of drug-likeness (QED) is 0.489. The average molecular weight is 376 g/mol. The number of aromatic nitrogens is 1. The molecule has 0 aliphatic carbocycles. The number of hydrogen-bond donors (Lipinski definition) is 2. The Morgan fingerprint density at radius 1 is 1.04 bits per heavy atom. The number of fused-ring (bicyclic) bond motifs is 1. The highest BCUT2D eigenvalue weighted by Gasteiger charge is 2.06. The van der Waals surface area contributed by atoms with Crippen LogP contribution >= 0.6 is 0 Å². The zero-order chi connectivity index (χ0) is 19.8. The molecule has 0 aliphatic rings. The van der Waals surface area contributed by atoms with Gasteiger partial charge in [0.05, 0.1) is 18.3 Å². The van der Waals surface area contributed by atoms with Gasteiger partial charge in [0, 0.05) is 11.9 Å². The molecular formula is C21H20N4O3. The summed E-state index contributed by atoms with van der Waals surface area (Å²) in [6.07, 6.45) is 3.23. The smallest absolute Gasteiger partial charge is 0.277 e. The Morgan fingerprint density at radius 2 is 1.86 bits per heavy atom. The molecule has 28 heavy (non-hydrogen) atoms. The summed E-state index contributed by atoms with van der Waals surface area (Å²) in [4.78, 5) is 27.8. The van der Waals surface area contributed by atoms with E-state index in [4.69, 9.17) is 4.74 Å². The Morgan fingerprint density at radius 3 is 2.64 bits per heavy atom. The lowest BCUT2D eigenvalue weighted by Crippen LogP contribution is -2.26. The van der Waals surface area contributed by atoms with Gasteiger partial charge >= 0.3 is 0 Å². The highest BCUT2D eigenvalue weighted by Crippen LogP contribution is 2.20. The molecule has 0 saturated carbocycles. The number of nitrogens with one attached hydrogen (secondary N) is 2. The van der Waals surface area contributed by atoms with Crippen LogP contribution in [0.2, 0.25) is 0 Å². The van der Waals surface area contributed by atoms with Crippen LogP contribution in [0.4, 0.5) is 5.69 Å². The second-order valence-corrected chi connectivity index (χ2v) is 6.15. The van der Waals surface area contributed by atoms with E-state index in [9.17, 15) is 9.59 Å². The summed E-state index contributed by atoms with van der Waals surface area (Å²) >= 11 is 0. The second-order valence-electron chi connectivity index (χ2n) is 6.15. The molecule has 7 nitrogen and oxygen atoms in total. The van der Waals surface area contributed by atoms with Gasteiger partial charge < -0.3 is 10.1 Å². The molecule has 0 radical (unpaired) electrons. The van der Waals surface area contributed by atoms with Crippen molar-refractivity contribution in [3.63, 3.8) is 0 Å². The first kappa shape index (κ1) is 19.0. The summed E-state index contributed by atoms with van der Waals surface area (Å²) in [6.45, 7) is 1.49. The third-order valence-electron chi connectivity index (χ3n) is 3.82. The van der Waals surface area contributed by atoms with E-state index in [1.54, 1.807) is 31.5 Å². The molecule has 0 unspecified atom stereocenters. The summed E-state index contributed by atoms with van der Waals surface area (Å²) in [5, 5.41) is 8.77. The number of pyridine rings is 1. The van der Waals surface area contributed by atoms with Gasteiger partial charge in [-0.3, -0.25) is 14.6 Å². The molecule has 3 rings (SSSR count). The van der Waals surface area contributed by atoms with Crippen LogP contribution in [0.5, 0.6) is 5.75 Å². The molecule has 0 aliphatic heterocycles. The van der Waals surface area contributed by atoms with Crippen LogP contribution in [0, 0.1) is 0 Å². The Balaban J connectivity index is 1.45. The van der Waals surface area contributed by atoms with Gasteiger partial charge in [0.15, 0.2) is 6.61 Å². The van der Waals surface area contributed by atoms with Gasteiger partial charge in [-0.15, -0.1) is 0 Å². The molecule has 2 N–H and O–H groups in total. The summed E-state index contributed by atoms with van der Waals surface area (Å²) in [5.41, 5.74) is 3.47. The van der Waals surface area contributed by atoms with Crippen molar-refractivity contribution < 1.29 is 14.3 Å². The van der Waals surface area contributed by atoms with Crippen LogP contribution in [0.3, 0.4) is 0 Å². The fraction of sp³-hybridized carbons (Fsp3) is 0.143. The second kappa shape index (κ2) is 9.27. The van der Waals surface area contributed by atoms with Crippen molar-refractivity contribution in [3.05, 3.63) is 67.0 Å². The van der Waals surface area contributed by atoms with E-state index in [0.29, 0.717) is 17.1 Å². The van der Waals surface area contributed by atoms with Crippen LogP contribution in [-0.4, -0.2) is 29.1 Å². The van der Waals surface area contributed by atoms with Crippen LogP contribution in [0.25, 0.3) is 10.8 Å². The molecule has 0 atom stereocenters. The number of anilines is 1. The van der Waals surface area contributed by atoms with Crippen molar-refractivity contribution in [2.45, 2.75) is 13.3 Å². The van der Waals surface area contributed by atoms with Gasteiger partial charge in [-0.2, -0.15) is 5.10 Å². The molecule has 2 amide bonds. The van der Waals surface area contributed by atoms with E-state index in [-0.39, 0.29) is 18.9 Å². The number of benzene rings is 2. The first-order valence-electron chi connectivity index (χ1n) is 8.73. The SMILES string of the molecule is CC(CC(=O)Nc1cccnc1)=NNC(=O)COc1ccc2ccccc2c1. The number of ether oxygens (including phenoxy) is 1. The number of hydrazone groups is 1. The largest absolute Gasteiger partial charge is 0.484 e. The topological polar surface area (TPSA) is 92.7 Å². The average Bonchev–Trinajstić information content (AvgIpc) is 2.71. The summed E-state index contributed by atoms with van der Waals surface area (Å²) < 4.78 is 5.50. The molecule has 0 bridgehead atoms. The molecule has 1 heterocycles. The molecular weight excluding hydrogens is 356 g/mol. The maximum absolute atomic E-state index is 11.9. The maximum atomic E-state index is 11.9. The fourth-order valence-corrected chi connectivity index (χ4v) is 2.51. The minimum absolute atomic E-state index is 0.0563. The van der Waals surface area contributed by atoms with Gasteiger partial charge in [0.2, 0.25) is 5.91 Å². The Kier molecular flexibility index (Phi) is 6.30. The predicted octanol–water partition coefficient (Wildman–Crippen LogP) is 3.13. The van der Waals surface area contributed by atoms with Crippen molar-refractivity contribution in [2.75, 3.05) is 11.9 Å². The first-order valence-corrected chi connectivity index (χ1v) is 8.73. The van der Waals surface area contributed by atoms with Crippen molar-refractivity contribution in [1.82, 2.24) is 10.4 Å². The van der Waals surface area contributed by atoms with E-state index in [0.717, 1.165) is 10.8 Å². The minimum Gasteiger partial charge on any atom is -0.484 e. The number of rotatable bonds is 7. The number of hydrogen-bond acceptors (Lipinski definition) is 5. The molecule has 3 aromatic rings. The Labute approximate surface area is 162 Å². The van der Waals surface area contributed by atoms with Crippen LogP contribution < -0.4 is 15.5 Å². The third kappa shape index (κ3) is 5.63. The molecule has 2 aromatic carbocycles. The molecule has 0 spiro atoms. The van der Waals surface area contributed by atoms with Crippen molar-refractivity contribution >= 4 is 34.0 Å². The van der Waals surface area contributed by atoms with Crippen molar-refractivity contribution in [3.8, 4) is 5.75 Å². The van der Waals surface area contributed by atoms with Crippen LogP contribution in [0.1, 0.15) is 13.3 Å². The van der Waals surface area contributed by atoms with Crippen molar-refractivity contribution in [1.29, 1.82) is 0 Å². The van der Waals surface area contributed by atoms with Crippen LogP contribution in [-0.2, 0) is 9.59 Å².